The lowest BCUT2D eigenvalue weighted by Crippen LogP contribution is -2.15. The van der Waals surface area contributed by atoms with Gasteiger partial charge in [-0.05, 0) is 49.9 Å². The second kappa shape index (κ2) is 5.61. The fraction of sp³-hybridized carbons (Fsp3) is 0.278. The van der Waals surface area contributed by atoms with E-state index in [9.17, 15) is 9.36 Å². The summed E-state index contributed by atoms with van der Waals surface area (Å²) >= 11 is 0. The molecule has 0 amide bonds. The van der Waals surface area contributed by atoms with Crippen molar-refractivity contribution in [2.75, 3.05) is 6.66 Å². The summed E-state index contributed by atoms with van der Waals surface area (Å²) in [7, 11) is -3.09. The normalized spacial score (nSPS) is 13.8. The lowest BCUT2D eigenvalue weighted by molar-refractivity contribution is 0.107. The summed E-state index contributed by atoms with van der Waals surface area (Å²) in [6.07, 6.45) is 0. The minimum absolute atomic E-state index is 0.244. The molecule has 21 heavy (non-hydrogen) atoms. The number of carbonyl (C=O) groups excluding carboxylic acids is 1. The van der Waals surface area contributed by atoms with E-state index in [1.807, 2.05) is 52.0 Å². The van der Waals surface area contributed by atoms with Crippen LogP contribution in [0.2, 0.25) is 0 Å². The van der Waals surface area contributed by atoms with Crippen molar-refractivity contribution in [3.63, 3.8) is 0 Å². The lowest BCUT2D eigenvalue weighted by Gasteiger charge is -2.18. The summed E-state index contributed by atoms with van der Waals surface area (Å²) in [4.78, 5) is 12.9. The molecule has 0 radical (unpaired) electrons. The Morgan fingerprint density at radius 2 is 1.48 bits per heavy atom. The first-order valence-corrected chi connectivity index (χ1v) is 9.17. The molecule has 0 aliphatic rings. The molecule has 0 bridgehead atoms. The van der Waals surface area contributed by atoms with Gasteiger partial charge in [0, 0.05) is 17.5 Å². The van der Waals surface area contributed by atoms with Crippen LogP contribution in [0.25, 0.3) is 0 Å². The zero-order valence-electron chi connectivity index (χ0n) is 13.2. The second-order valence-electron chi connectivity index (χ2n) is 5.70. The van der Waals surface area contributed by atoms with Crippen molar-refractivity contribution in [1.82, 2.24) is 0 Å². The Kier molecular flexibility index (Phi) is 4.20. The number of carbonyl (C=O) groups is 1. The van der Waals surface area contributed by atoms with Crippen LogP contribution in [0.3, 0.4) is 0 Å². The molecular formula is C18H21O2P. The van der Waals surface area contributed by atoms with E-state index in [0.717, 1.165) is 22.3 Å². The maximum atomic E-state index is 13.1. The van der Waals surface area contributed by atoms with E-state index in [2.05, 4.69) is 0 Å². The molecule has 0 saturated heterocycles. The standard InChI is InChI=1S/C18H21O2P/c1-12-11-13(2)17(15(4)14(12)3)18(19)21(5,20)16-9-7-6-8-10-16/h6-11H,1-5H3. The first-order valence-electron chi connectivity index (χ1n) is 7.02. The SMILES string of the molecule is Cc1cc(C)c(C(=O)P(C)(=O)c2ccccc2)c(C)c1C. The van der Waals surface area contributed by atoms with Gasteiger partial charge in [0.25, 0.3) is 0 Å². The predicted octanol–water partition coefficient (Wildman–Crippen LogP) is 4.38. The molecule has 2 aromatic rings. The Morgan fingerprint density at radius 1 is 0.905 bits per heavy atom. The third-order valence-corrected chi connectivity index (χ3v) is 6.49. The van der Waals surface area contributed by atoms with Gasteiger partial charge in [-0.25, -0.2) is 0 Å². The van der Waals surface area contributed by atoms with Gasteiger partial charge < -0.3 is 4.57 Å². The number of hydrogen-bond acceptors (Lipinski definition) is 2. The Morgan fingerprint density at radius 3 is 2.05 bits per heavy atom. The van der Waals surface area contributed by atoms with Crippen molar-refractivity contribution in [3.8, 4) is 0 Å². The van der Waals surface area contributed by atoms with Crippen LogP contribution in [0.1, 0.15) is 32.6 Å². The van der Waals surface area contributed by atoms with Crippen LogP contribution in [0.5, 0.6) is 0 Å². The van der Waals surface area contributed by atoms with Crippen molar-refractivity contribution < 1.29 is 9.36 Å². The van der Waals surface area contributed by atoms with E-state index in [0.29, 0.717) is 10.9 Å². The largest absolute Gasteiger partial charge is 0.310 e. The van der Waals surface area contributed by atoms with E-state index < -0.39 is 7.14 Å². The average Bonchev–Trinajstić information content (AvgIpc) is 2.45. The van der Waals surface area contributed by atoms with Crippen LogP contribution < -0.4 is 5.30 Å². The number of rotatable bonds is 3. The summed E-state index contributed by atoms with van der Waals surface area (Å²) in [5.41, 5.74) is 4.47. The first kappa shape index (κ1) is 15.7. The molecule has 0 heterocycles. The summed E-state index contributed by atoms with van der Waals surface area (Å²) in [5, 5.41) is 0.618. The number of benzene rings is 2. The molecule has 0 aromatic heterocycles. The molecule has 110 valence electrons. The minimum Gasteiger partial charge on any atom is -0.310 e. The van der Waals surface area contributed by atoms with Gasteiger partial charge in [-0.1, -0.05) is 36.4 Å². The molecule has 2 rings (SSSR count). The Labute approximate surface area is 126 Å². The zero-order chi connectivity index (χ0) is 15.8. The van der Waals surface area contributed by atoms with Crippen molar-refractivity contribution in [1.29, 1.82) is 0 Å². The van der Waals surface area contributed by atoms with E-state index >= 15 is 0 Å². The van der Waals surface area contributed by atoms with Crippen LogP contribution in [0.15, 0.2) is 36.4 Å². The van der Waals surface area contributed by atoms with Crippen molar-refractivity contribution in [2.45, 2.75) is 27.7 Å². The molecule has 3 heteroatoms. The summed E-state index contributed by atoms with van der Waals surface area (Å²) in [5.74, 6) is 0. The monoisotopic (exact) mass is 300 g/mol. The highest BCUT2D eigenvalue weighted by Crippen LogP contribution is 2.45. The van der Waals surface area contributed by atoms with Gasteiger partial charge in [0.15, 0.2) is 7.14 Å². The van der Waals surface area contributed by atoms with Gasteiger partial charge in [-0.15, -0.1) is 0 Å². The maximum Gasteiger partial charge on any atom is 0.225 e. The van der Waals surface area contributed by atoms with E-state index in [1.165, 1.54) is 0 Å². The van der Waals surface area contributed by atoms with Crippen LogP contribution in [-0.2, 0) is 4.57 Å². The summed E-state index contributed by atoms with van der Waals surface area (Å²) in [6.45, 7) is 9.46. The predicted molar refractivity (Wildman–Crippen MR) is 89.3 cm³/mol. The summed E-state index contributed by atoms with van der Waals surface area (Å²) in [6, 6.07) is 11.0. The Hall–Kier alpha value is -1.66. The smallest absolute Gasteiger partial charge is 0.225 e. The van der Waals surface area contributed by atoms with Gasteiger partial charge in [0.1, 0.15) is 0 Å². The van der Waals surface area contributed by atoms with Crippen molar-refractivity contribution in [3.05, 3.63) is 64.2 Å². The highest BCUT2D eigenvalue weighted by molar-refractivity contribution is 7.86. The highest BCUT2D eigenvalue weighted by atomic mass is 31.2. The Bertz CT molecular complexity index is 746. The number of aryl methyl sites for hydroxylation is 2. The van der Waals surface area contributed by atoms with Crippen molar-refractivity contribution in [2.24, 2.45) is 0 Å². The van der Waals surface area contributed by atoms with Gasteiger partial charge >= 0.3 is 0 Å². The topological polar surface area (TPSA) is 34.1 Å². The van der Waals surface area contributed by atoms with Crippen LogP contribution >= 0.6 is 7.14 Å². The molecule has 2 aromatic carbocycles. The lowest BCUT2D eigenvalue weighted by atomic mass is 9.95. The van der Waals surface area contributed by atoms with Gasteiger partial charge in [0.05, 0.1) is 0 Å². The molecule has 1 unspecified atom stereocenters. The molecular weight excluding hydrogens is 279 g/mol. The number of hydrogen-bond donors (Lipinski definition) is 0. The minimum atomic E-state index is -3.09. The molecule has 0 aliphatic heterocycles. The zero-order valence-corrected chi connectivity index (χ0v) is 14.1. The van der Waals surface area contributed by atoms with Gasteiger partial charge in [-0.3, -0.25) is 4.79 Å². The third kappa shape index (κ3) is 2.73. The fourth-order valence-electron chi connectivity index (χ4n) is 2.66. The molecule has 0 saturated carbocycles. The van der Waals surface area contributed by atoms with Crippen molar-refractivity contribution >= 4 is 18.0 Å². The quantitative estimate of drug-likeness (QED) is 0.788. The van der Waals surface area contributed by atoms with E-state index in [1.54, 1.807) is 18.8 Å². The van der Waals surface area contributed by atoms with Crippen LogP contribution in [0, 0.1) is 27.7 Å². The molecule has 2 nitrogen and oxygen atoms in total. The van der Waals surface area contributed by atoms with E-state index in [4.69, 9.17) is 0 Å². The molecule has 0 N–H and O–H groups in total. The molecule has 0 fully saturated rings. The molecule has 0 spiro atoms. The molecule has 0 aliphatic carbocycles. The van der Waals surface area contributed by atoms with Crippen LogP contribution in [-0.4, -0.2) is 12.2 Å². The highest BCUT2D eigenvalue weighted by Gasteiger charge is 2.31. The van der Waals surface area contributed by atoms with Crippen LogP contribution in [0.4, 0.5) is 0 Å². The third-order valence-electron chi connectivity index (χ3n) is 4.21. The maximum absolute atomic E-state index is 13.1. The van der Waals surface area contributed by atoms with Gasteiger partial charge in [0.2, 0.25) is 5.52 Å². The molecule has 1 atom stereocenters. The second-order valence-corrected chi connectivity index (χ2v) is 8.47. The fourth-order valence-corrected chi connectivity index (χ4v) is 4.40. The first-order chi connectivity index (χ1) is 9.76. The van der Waals surface area contributed by atoms with E-state index in [-0.39, 0.29) is 5.52 Å². The average molecular weight is 300 g/mol. The van der Waals surface area contributed by atoms with Gasteiger partial charge in [-0.2, -0.15) is 0 Å². The Balaban J connectivity index is 2.61. The summed E-state index contributed by atoms with van der Waals surface area (Å²) < 4.78 is 13.1.